The first kappa shape index (κ1) is 21.9. The maximum absolute atomic E-state index is 9.56. The fraction of sp³-hybridized carbons (Fsp3) is 1.00. The molecule has 0 unspecified atom stereocenters. The van der Waals surface area contributed by atoms with E-state index in [0.29, 0.717) is 0 Å². The summed E-state index contributed by atoms with van der Waals surface area (Å²) in [6.45, 7) is 1.44. The van der Waals surface area contributed by atoms with Crippen LogP contribution < -0.4 is 0 Å². The summed E-state index contributed by atoms with van der Waals surface area (Å²) in [5.74, 6) is 0. The lowest BCUT2D eigenvalue weighted by Gasteiger charge is -1.88. The van der Waals surface area contributed by atoms with Gasteiger partial charge in [-0.3, -0.25) is 22.8 Å². The summed E-state index contributed by atoms with van der Waals surface area (Å²) >= 11 is 0. The van der Waals surface area contributed by atoms with Gasteiger partial charge in [0.25, 0.3) is 0 Å². The molecule has 0 radical (unpaired) electrons. The predicted octanol–water partition coefficient (Wildman–Crippen LogP) is -1.48. The summed E-state index contributed by atoms with van der Waals surface area (Å²) in [4.78, 5) is 0. The van der Waals surface area contributed by atoms with Crippen molar-refractivity contribution in [2.75, 3.05) is 6.61 Å². The van der Waals surface area contributed by atoms with Crippen LogP contribution in [-0.2, 0) is 35.4 Å². The third kappa shape index (κ3) is 222. The topological polar surface area (TPSA) is 213 Å². The van der Waals surface area contributed by atoms with E-state index in [1.165, 1.54) is 6.92 Å². The first-order valence-corrected chi connectivity index (χ1v) is 7.23. The Labute approximate surface area is 97.3 Å². The summed E-state index contributed by atoms with van der Waals surface area (Å²) in [6, 6.07) is 0. The number of rotatable bonds is 2. The fourth-order valence-electron chi connectivity index (χ4n) is 0.149. The fourth-order valence-corrected chi connectivity index (χ4v) is 0.447. The molecule has 0 saturated heterocycles. The van der Waals surface area contributed by atoms with Crippen molar-refractivity contribution < 1.29 is 52.2 Å². The van der Waals surface area contributed by atoms with E-state index in [-0.39, 0.29) is 6.61 Å². The van der Waals surface area contributed by atoms with Crippen LogP contribution in [0.2, 0.25) is 0 Å². The van der Waals surface area contributed by atoms with Crippen molar-refractivity contribution in [1.29, 1.82) is 0 Å². The second-order valence-corrected chi connectivity index (χ2v) is 4.61. The quantitative estimate of drug-likeness (QED) is 0.368. The highest BCUT2D eigenvalue weighted by Crippen LogP contribution is 1.81. The van der Waals surface area contributed by atoms with Crippen LogP contribution in [0.3, 0.4) is 0 Å². The Kier molecular flexibility index (Phi) is 11.1. The smallest absolute Gasteiger partial charge is 0.264 e. The molecule has 0 atom stereocenters. The molecular formula is C2H10O12S3. The minimum atomic E-state index is -4.67. The van der Waals surface area contributed by atoms with Gasteiger partial charge in [0, 0.05) is 0 Å². The van der Waals surface area contributed by atoms with Crippen LogP contribution in [0.1, 0.15) is 6.92 Å². The minimum absolute atomic E-state index is 0.0289. The highest BCUT2D eigenvalue weighted by molar-refractivity contribution is 7.81. The Morgan fingerprint density at radius 1 is 0.765 bits per heavy atom. The van der Waals surface area contributed by atoms with E-state index in [4.69, 9.17) is 39.6 Å². The maximum Gasteiger partial charge on any atom is 0.397 e. The van der Waals surface area contributed by atoms with Gasteiger partial charge in [-0.2, -0.15) is 25.3 Å². The van der Waals surface area contributed by atoms with Crippen molar-refractivity contribution in [3.8, 4) is 0 Å². The molecule has 0 aromatic carbocycles. The molecule has 0 heterocycles. The molecule has 0 spiro atoms. The van der Waals surface area contributed by atoms with Crippen molar-refractivity contribution in [1.82, 2.24) is 0 Å². The average molecular weight is 322 g/mol. The van der Waals surface area contributed by atoms with Gasteiger partial charge >= 0.3 is 31.2 Å². The van der Waals surface area contributed by atoms with Crippen LogP contribution >= 0.6 is 0 Å². The Morgan fingerprint density at radius 2 is 0.941 bits per heavy atom. The van der Waals surface area contributed by atoms with E-state index in [1.807, 2.05) is 0 Å². The second kappa shape index (κ2) is 8.66. The van der Waals surface area contributed by atoms with Crippen molar-refractivity contribution >= 4 is 31.2 Å². The van der Waals surface area contributed by atoms with Gasteiger partial charge in [0.15, 0.2) is 0 Å². The lowest BCUT2D eigenvalue weighted by molar-refractivity contribution is 0.283. The standard InChI is InChI=1S/C2H6O4S.2H2O4S/c1-2-6-7(3,4)5;2*1-5(2,3)4/h2H2,1H3,(H,3,4,5);2*(H2,1,2,3,4). The van der Waals surface area contributed by atoms with Gasteiger partial charge < -0.3 is 0 Å². The zero-order valence-electron chi connectivity index (χ0n) is 8.03. The molecule has 5 N–H and O–H groups in total. The summed E-state index contributed by atoms with van der Waals surface area (Å²) in [7, 11) is -13.5. The summed E-state index contributed by atoms with van der Waals surface area (Å²) in [5.41, 5.74) is 0. The van der Waals surface area contributed by atoms with Crippen LogP contribution in [0.15, 0.2) is 0 Å². The molecule has 0 aliphatic carbocycles. The van der Waals surface area contributed by atoms with Crippen LogP contribution in [0, 0.1) is 0 Å². The van der Waals surface area contributed by atoms with Crippen LogP contribution in [0.25, 0.3) is 0 Å². The van der Waals surface area contributed by atoms with Gasteiger partial charge in [0.2, 0.25) is 0 Å². The minimum Gasteiger partial charge on any atom is -0.264 e. The molecule has 0 aliphatic rings. The molecule has 0 rings (SSSR count). The SMILES string of the molecule is CCOS(=O)(=O)O.O=S(=O)(O)O.O=S(=O)(O)O. The third-order valence-corrected chi connectivity index (χ3v) is 0.800. The van der Waals surface area contributed by atoms with Crippen molar-refractivity contribution in [3.63, 3.8) is 0 Å². The van der Waals surface area contributed by atoms with Gasteiger partial charge in [0.05, 0.1) is 6.61 Å². The Hall–Kier alpha value is -0.390. The van der Waals surface area contributed by atoms with Crippen molar-refractivity contribution in [2.45, 2.75) is 6.92 Å². The Balaban J connectivity index is -0.000000177. The lowest BCUT2D eigenvalue weighted by Crippen LogP contribution is -2.01. The van der Waals surface area contributed by atoms with E-state index >= 15 is 0 Å². The maximum atomic E-state index is 9.56. The molecule has 17 heavy (non-hydrogen) atoms. The van der Waals surface area contributed by atoms with E-state index < -0.39 is 31.2 Å². The van der Waals surface area contributed by atoms with Crippen molar-refractivity contribution in [3.05, 3.63) is 0 Å². The largest absolute Gasteiger partial charge is 0.397 e. The molecule has 0 fully saturated rings. The molecule has 15 heteroatoms. The molecule has 12 nitrogen and oxygen atoms in total. The third-order valence-electron chi connectivity index (χ3n) is 0.267. The van der Waals surface area contributed by atoms with E-state index in [0.717, 1.165) is 0 Å². The van der Waals surface area contributed by atoms with E-state index in [2.05, 4.69) is 4.18 Å². The van der Waals surface area contributed by atoms with Crippen molar-refractivity contribution in [2.24, 2.45) is 0 Å². The van der Waals surface area contributed by atoms with Crippen LogP contribution in [-0.4, -0.2) is 54.6 Å². The predicted molar refractivity (Wildman–Crippen MR) is 51.5 cm³/mol. The highest BCUT2D eigenvalue weighted by Gasteiger charge is 1.98. The van der Waals surface area contributed by atoms with E-state index in [1.54, 1.807) is 0 Å². The highest BCUT2D eigenvalue weighted by atomic mass is 32.3. The molecule has 0 aromatic rings. The summed E-state index contributed by atoms with van der Waals surface area (Å²) in [5, 5.41) is 0. The normalized spacial score (nSPS) is 11.6. The molecule has 0 saturated carbocycles. The Bertz CT molecular complexity index is 418. The first-order chi connectivity index (χ1) is 7.06. The van der Waals surface area contributed by atoms with Crippen LogP contribution in [0.4, 0.5) is 0 Å². The van der Waals surface area contributed by atoms with Gasteiger partial charge in [-0.15, -0.1) is 0 Å². The van der Waals surface area contributed by atoms with Gasteiger partial charge in [-0.1, -0.05) is 0 Å². The van der Waals surface area contributed by atoms with E-state index in [9.17, 15) is 8.42 Å². The Morgan fingerprint density at radius 3 is 0.941 bits per heavy atom. The number of hydrogen-bond donors (Lipinski definition) is 5. The average Bonchev–Trinajstić information content (AvgIpc) is 1.73. The summed E-state index contributed by atoms with van der Waals surface area (Å²) in [6.07, 6.45) is 0. The van der Waals surface area contributed by atoms with Crippen LogP contribution in [0.5, 0.6) is 0 Å². The van der Waals surface area contributed by atoms with Gasteiger partial charge in [-0.05, 0) is 6.92 Å². The molecule has 0 aliphatic heterocycles. The molecule has 108 valence electrons. The zero-order valence-corrected chi connectivity index (χ0v) is 10.5. The monoisotopic (exact) mass is 322 g/mol. The summed E-state index contributed by atoms with van der Waals surface area (Å²) < 4.78 is 93.8. The lowest BCUT2D eigenvalue weighted by atomic mass is 10.9. The molecule has 0 amide bonds. The molecular weight excluding hydrogens is 312 g/mol. The molecule has 0 bridgehead atoms. The van der Waals surface area contributed by atoms with Gasteiger partial charge in [-0.25, -0.2) is 4.18 Å². The second-order valence-electron chi connectivity index (χ2n) is 1.73. The number of hydrogen-bond acceptors (Lipinski definition) is 7. The van der Waals surface area contributed by atoms with Gasteiger partial charge in [0.1, 0.15) is 0 Å². The first-order valence-electron chi connectivity index (χ1n) is 3.08. The zero-order chi connectivity index (χ0) is 14.9. The molecule has 0 aromatic heterocycles.